The Morgan fingerprint density at radius 1 is 1.80 bits per heavy atom. The van der Waals surface area contributed by atoms with Crippen molar-refractivity contribution in [1.29, 1.82) is 0 Å². The van der Waals surface area contributed by atoms with Gasteiger partial charge in [0.25, 0.3) is 0 Å². The Kier molecular flexibility index (Phi) is 1.17. The van der Waals surface area contributed by atoms with Crippen LogP contribution in [0.25, 0.3) is 0 Å². The molecule has 1 saturated carbocycles. The number of hydrogen-bond acceptors (Lipinski definition) is 2. The Hall–Kier alpha value is -0.340. The minimum atomic E-state index is -0.208. The number of epoxide rings is 1. The lowest BCUT2D eigenvalue weighted by molar-refractivity contribution is 0.111. The molecule has 1 N–H and O–H groups in total. The molecule has 0 bridgehead atoms. The zero-order valence-corrected chi connectivity index (χ0v) is 5.92. The van der Waals surface area contributed by atoms with E-state index in [1.165, 1.54) is 0 Å². The van der Waals surface area contributed by atoms with Gasteiger partial charge in [-0.2, -0.15) is 0 Å². The van der Waals surface area contributed by atoms with Crippen molar-refractivity contribution >= 4 is 0 Å². The van der Waals surface area contributed by atoms with Gasteiger partial charge in [-0.15, -0.1) is 6.58 Å². The van der Waals surface area contributed by atoms with E-state index < -0.39 is 0 Å². The Balaban J connectivity index is 2.03. The molecule has 56 valence electrons. The van der Waals surface area contributed by atoms with Gasteiger partial charge < -0.3 is 9.84 Å². The van der Waals surface area contributed by atoms with Gasteiger partial charge in [-0.05, 0) is 19.3 Å². The molecule has 1 saturated heterocycles. The molecule has 2 aliphatic rings. The summed E-state index contributed by atoms with van der Waals surface area (Å²) in [6.07, 6.45) is 4.60. The van der Waals surface area contributed by atoms with E-state index in [1.54, 1.807) is 0 Å². The summed E-state index contributed by atoms with van der Waals surface area (Å²) in [5.74, 6) is 0. The second-order valence-electron chi connectivity index (χ2n) is 3.20. The van der Waals surface area contributed by atoms with Crippen molar-refractivity contribution in [3.05, 3.63) is 12.7 Å². The summed E-state index contributed by atoms with van der Waals surface area (Å²) in [6.45, 7) is 3.66. The van der Waals surface area contributed by atoms with E-state index in [4.69, 9.17) is 4.74 Å². The highest BCUT2D eigenvalue weighted by molar-refractivity contribution is 5.13. The second kappa shape index (κ2) is 1.83. The third kappa shape index (κ3) is 0.662. The molecule has 0 radical (unpaired) electrons. The third-order valence-electron chi connectivity index (χ3n) is 2.53. The third-order valence-corrected chi connectivity index (χ3v) is 2.53. The lowest BCUT2D eigenvalue weighted by Gasteiger charge is -2.02. The Bertz CT molecular complexity index is 167. The molecule has 0 aromatic carbocycles. The summed E-state index contributed by atoms with van der Waals surface area (Å²) in [5.41, 5.74) is 0.0150. The Morgan fingerprint density at radius 3 is 3.00 bits per heavy atom. The number of fused-ring (bicyclic) bond motifs is 1. The highest BCUT2D eigenvalue weighted by Gasteiger charge is 2.62. The second-order valence-corrected chi connectivity index (χ2v) is 3.20. The highest BCUT2D eigenvalue weighted by Crippen LogP contribution is 2.52. The minimum absolute atomic E-state index is 0.0150. The van der Waals surface area contributed by atoms with Crippen LogP contribution in [-0.4, -0.2) is 22.9 Å². The molecular weight excluding hydrogens is 128 g/mol. The van der Waals surface area contributed by atoms with Crippen LogP contribution in [0.4, 0.5) is 0 Å². The lowest BCUT2D eigenvalue weighted by atomic mass is 10.0. The molecule has 0 spiro atoms. The summed E-state index contributed by atoms with van der Waals surface area (Å²) in [6, 6.07) is 0. The van der Waals surface area contributed by atoms with Crippen LogP contribution in [0.5, 0.6) is 0 Å². The Morgan fingerprint density at radius 2 is 2.60 bits per heavy atom. The van der Waals surface area contributed by atoms with Crippen LogP contribution in [0.3, 0.4) is 0 Å². The normalized spacial score (nSPS) is 50.5. The molecule has 1 aliphatic heterocycles. The highest BCUT2D eigenvalue weighted by atomic mass is 16.6. The van der Waals surface area contributed by atoms with Crippen LogP contribution < -0.4 is 0 Å². The molecule has 2 heteroatoms. The molecule has 2 fully saturated rings. The lowest BCUT2D eigenvalue weighted by Crippen LogP contribution is -2.11. The van der Waals surface area contributed by atoms with Gasteiger partial charge in [0.2, 0.25) is 0 Å². The maximum atomic E-state index is 9.27. The van der Waals surface area contributed by atoms with Crippen molar-refractivity contribution in [2.45, 2.75) is 37.1 Å². The molecular formula is C8H12O2. The number of ether oxygens (including phenoxy) is 1. The van der Waals surface area contributed by atoms with Crippen LogP contribution in [0.1, 0.15) is 19.3 Å². The first-order chi connectivity index (χ1) is 4.78. The van der Waals surface area contributed by atoms with Crippen molar-refractivity contribution in [3.8, 4) is 0 Å². The van der Waals surface area contributed by atoms with Crippen molar-refractivity contribution in [2.24, 2.45) is 0 Å². The quantitative estimate of drug-likeness (QED) is 0.455. The van der Waals surface area contributed by atoms with Crippen LogP contribution in [-0.2, 0) is 4.74 Å². The summed E-state index contributed by atoms with van der Waals surface area (Å²) in [5, 5.41) is 9.27. The molecule has 2 rings (SSSR count). The molecule has 1 aliphatic carbocycles. The van der Waals surface area contributed by atoms with E-state index in [9.17, 15) is 5.11 Å². The minimum Gasteiger partial charge on any atom is -0.390 e. The van der Waals surface area contributed by atoms with E-state index in [1.807, 2.05) is 6.08 Å². The van der Waals surface area contributed by atoms with Crippen molar-refractivity contribution in [2.75, 3.05) is 0 Å². The molecule has 3 unspecified atom stereocenters. The molecule has 1 heterocycles. The molecule has 3 atom stereocenters. The zero-order chi connectivity index (χ0) is 7.19. The van der Waals surface area contributed by atoms with Crippen molar-refractivity contribution in [1.82, 2.24) is 0 Å². The molecule has 0 aromatic heterocycles. The van der Waals surface area contributed by atoms with Gasteiger partial charge in [-0.1, -0.05) is 6.08 Å². The predicted molar refractivity (Wildman–Crippen MR) is 37.7 cm³/mol. The monoisotopic (exact) mass is 140 g/mol. The topological polar surface area (TPSA) is 32.8 Å². The summed E-state index contributed by atoms with van der Waals surface area (Å²) >= 11 is 0. The first-order valence-electron chi connectivity index (χ1n) is 3.75. The number of aliphatic hydroxyl groups is 1. The van der Waals surface area contributed by atoms with E-state index in [0.29, 0.717) is 0 Å². The average Bonchev–Trinajstić information content (AvgIpc) is 2.54. The van der Waals surface area contributed by atoms with Crippen LogP contribution in [0, 0.1) is 0 Å². The van der Waals surface area contributed by atoms with Gasteiger partial charge in [0, 0.05) is 0 Å². The average molecular weight is 140 g/mol. The van der Waals surface area contributed by atoms with Gasteiger partial charge in [0.15, 0.2) is 0 Å². The van der Waals surface area contributed by atoms with Crippen LogP contribution in [0.2, 0.25) is 0 Å². The van der Waals surface area contributed by atoms with E-state index in [0.717, 1.165) is 19.3 Å². The van der Waals surface area contributed by atoms with Gasteiger partial charge >= 0.3 is 0 Å². The molecule has 0 aromatic rings. The fourth-order valence-corrected chi connectivity index (χ4v) is 1.90. The van der Waals surface area contributed by atoms with Crippen molar-refractivity contribution < 1.29 is 9.84 Å². The fourth-order valence-electron chi connectivity index (χ4n) is 1.90. The standard InChI is InChI=1S/C8H12O2/c1-2-4-8-5-3-6(9)7(8)10-8/h2,6-7,9H,1,3-5H2. The molecule has 2 nitrogen and oxygen atoms in total. The number of hydrogen-bond donors (Lipinski definition) is 1. The first-order valence-corrected chi connectivity index (χ1v) is 3.75. The number of aliphatic hydroxyl groups excluding tert-OH is 1. The SMILES string of the molecule is C=CCC12CCC(O)C1O2. The van der Waals surface area contributed by atoms with Gasteiger partial charge in [0.1, 0.15) is 11.7 Å². The summed E-state index contributed by atoms with van der Waals surface area (Å²) in [4.78, 5) is 0. The van der Waals surface area contributed by atoms with Gasteiger partial charge in [0.05, 0.1) is 6.10 Å². The van der Waals surface area contributed by atoms with Crippen LogP contribution in [0.15, 0.2) is 12.7 Å². The van der Waals surface area contributed by atoms with Crippen molar-refractivity contribution in [3.63, 3.8) is 0 Å². The van der Waals surface area contributed by atoms with E-state index in [2.05, 4.69) is 6.58 Å². The smallest absolute Gasteiger partial charge is 0.113 e. The largest absolute Gasteiger partial charge is 0.390 e. The van der Waals surface area contributed by atoms with Gasteiger partial charge in [-0.3, -0.25) is 0 Å². The Labute approximate surface area is 60.5 Å². The molecule has 0 amide bonds. The fraction of sp³-hybridized carbons (Fsp3) is 0.750. The maximum absolute atomic E-state index is 9.27. The summed E-state index contributed by atoms with van der Waals surface area (Å²) in [7, 11) is 0. The van der Waals surface area contributed by atoms with Crippen LogP contribution >= 0.6 is 0 Å². The molecule has 10 heavy (non-hydrogen) atoms. The zero-order valence-electron chi connectivity index (χ0n) is 5.92. The number of rotatable bonds is 2. The first kappa shape index (κ1) is 6.38. The summed E-state index contributed by atoms with van der Waals surface area (Å²) < 4.78 is 5.37. The maximum Gasteiger partial charge on any atom is 0.113 e. The van der Waals surface area contributed by atoms with E-state index in [-0.39, 0.29) is 17.8 Å². The van der Waals surface area contributed by atoms with E-state index >= 15 is 0 Å². The predicted octanol–water partition coefficient (Wildman–Crippen LogP) is 0.855. The van der Waals surface area contributed by atoms with Gasteiger partial charge in [-0.25, -0.2) is 0 Å².